The van der Waals surface area contributed by atoms with Crippen molar-refractivity contribution >= 4 is 33.8 Å². The van der Waals surface area contributed by atoms with Gasteiger partial charge in [-0.05, 0) is 71.7 Å². The van der Waals surface area contributed by atoms with Crippen molar-refractivity contribution in [3.8, 4) is 0 Å². The summed E-state index contributed by atoms with van der Waals surface area (Å²) >= 11 is 0. The Bertz CT molecular complexity index is 1510. The number of aryl methyl sites for hydroxylation is 1. The number of methoxy groups -OCH3 is 1. The van der Waals surface area contributed by atoms with Crippen molar-refractivity contribution in [3.05, 3.63) is 65.2 Å². The van der Waals surface area contributed by atoms with E-state index in [1.165, 1.54) is 12.1 Å². The highest BCUT2D eigenvalue weighted by molar-refractivity contribution is 7.89. The lowest BCUT2D eigenvalue weighted by Crippen LogP contribution is -2.52. The van der Waals surface area contributed by atoms with Crippen LogP contribution in [0, 0.1) is 18.3 Å². The summed E-state index contributed by atoms with van der Waals surface area (Å²) in [5.41, 5.74) is -2.69. The summed E-state index contributed by atoms with van der Waals surface area (Å²) in [6.07, 6.45) is 0. The molecule has 0 saturated carbocycles. The van der Waals surface area contributed by atoms with E-state index in [0.29, 0.717) is 15.4 Å². The van der Waals surface area contributed by atoms with Gasteiger partial charge >= 0.3 is 17.9 Å². The Morgan fingerprint density at radius 2 is 1.38 bits per heavy atom. The van der Waals surface area contributed by atoms with Gasteiger partial charge < -0.3 is 14.2 Å². The van der Waals surface area contributed by atoms with Crippen molar-refractivity contribution in [1.82, 2.24) is 4.31 Å². The molecule has 1 heterocycles. The first-order valence-electron chi connectivity index (χ1n) is 13.6. The monoisotopic (exact) mass is 599 g/mol. The third kappa shape index (κ3) is 5.19. The van der Waals surface area contributed by atoms with Crippen molar-refractivity contribution in [3.63, 3.8) is 0 Å². The number of carbonyl (C=O) groups is 4. The number of fused-ring (bicyclic) bond motifs is 3. The number of nitrogens with zero attached hydrogens (tertiary/aromatic N) is 1. The fraction of sp³-hybridized carbons (Fsp3) is 0.484. The van der Waals surface area contributed by atoms with Gasteiger partial charge in [-0.2, -0.15) is 0 Å². The van der Waals surface area contributed by atoms with Gasteiger partial charge in [0, 0.05) is 18.4 Å². The standard InChI is InChI=1S/C31H37NO9S/c1-18-13-15-19(16-14-18)42(37,38)32-17-22-20-11-9-10-12-21(20)24(31(22,27(32)35)28(36)39-8)23(25(33)40-29(2,3)4)26(34)41-30(5,6)7/h9-16,22-24H,17H2,1-8H3/t22-,24+,31+/m1/s1. The number of sulfonamides is 1. The van der Waals surface area contributed by atoms with Gasteiger partial charge in [-0.1, -0.05) is 42.0 Å². The molecule has 2 aromatic rings. The van der Waals surface area contributed by atoms with Crippen LogP contribution in [-0.2, 0) is 43.4 Å². The van der Waals surface area contributed by atoms with Crippen LogP contribution in [0.2, 0.25) is 0 Å². The van der Waals surface area contributed by atoms with E-state index < -0.39 is 74.8 Å². The van der Waals surface area contributed by atoms with Crippen molar-refractivity contribution in [1.29, 1.82) is 0 Å². The Morgan fingerprint density at radius 3 is 1.86 bits per heavy atom. The molecule has 0 bridgehead atoms. The van der Waals surface area contributed by atoms with Gasteiger partial charge in [-0.3, -0.25) is 19.2 Å². The fourth-order valence-corrected chi connectivity index (χ4v) is 7.36. The Hall–Kier alpha value is -3.73. The average molecular weight is 600 g/mol. The van der Waals surface area contributed by atoms with E-state index in [4.69, 9.17) is 14.2 Å². The molecule has 0 N–H and O–H groups in total. The van der Waals surface area contributed by atoms with Gasteiger partial charge in [0.15, 0.2) is 11.3 Å². The minimum absolute atomic E-state index is 0.137. The molecule has 1 aliphatic carbocycles. The van der Waals surface area contributed by atoms with Crippen molar-refractivity contribution < 1.29 is 41.8 Å². The van der Waals surface area contributed by atoms with Crippen LogP contribution in [0.3, 0.4) is 0 Å². The summed E-state index contributed by atoms with van der Waals surface area (Å²) in [5, 5.41) is 0. The number of hydrogen-bond donors (Lipinski definition) is 0. The SMILES string of the molecule is COC(=O)[C@@]12C(=O)N(S(=O)(=O)c3ccc(C)cc3)C[C@@H]1c1ccccc1[C@H]2C(C(=O)OC(C)(C)C)C(=O)OC(C)(C)C. The molecule has 1 fully saturated rings. The Labute approximate surface area is 246 Å². The predicted octanol–water partition coefficient (Wildman–Crippen LogP) is 3.87. The summed E-state index contributed by atoms with van der Waals surface area (Å²) in [4.78, 5) is 56.0. The largest absolute Gasteiger partial charge is 0.468 e. The van der Waals surface area contributed by atoms with E-state index in [1.54, 1.807) is 84.9 Å². The summed E-state index contributed by atoms with van der Waals surface area (Å²) in [5.74, 6) is -8.47. The molecular weight excluding hydrogens is 562 g/mol. The molecule has 0 aromatic heterocycles. The minimum atomic E-state index is -4.43. The van der Waals surface area contributed by atoms with Crippen molar-refractivity contribution in [2.45, 2.75) is 76.4 Å². The zero-order valence-electron chi connectivity index (χ0n) is 25.1. The van der Waals surface area contributed by atoms with E-state index in [2.05, 4.69) is 0 Å². The zero-order chi connectivity index (χ0) is 31.4. The smallest absolute Gasteiger partial charge is 0.322 e. The van der Waals surface area contributed by atoms with Crippen LogP contribution in [0.25, 0.3) is 0 Å². The Kier molecular flexibility index (Phi) is 7.82. The molecule has 0 spiro atoms. The maximum atomic E-state index is 14.5. The van der Waals surface area contributed by atoms with Crippen LogP contribution in [0.5, 0.6) is 0 Å². The lowest BCUT2D eigenvalue weighted by molar-refractivity contribution is -0.179. The van der Waals surface area contributed by atoms with Crippen LogP contribution in [0.4, 0.5) is 0 Å². The minimum Gasteiger partial charge on any atom is -0.468 e. The molecule has 11 heteroatoms. The average Bonchev–Trinajstić information content (AvgIpc) is 3.33. The molecule has 3 atom stereocenters. The second-order valence-electron chi connectivity index (χ2n) is 12.7. The molecule has 0 unspecified atom stereocenters. The molecular formula is C31H37NO9S. The quantitative estimate of drug-likeness (QED) is 0.276. The van der Waals surface area contributed by atoms with Gasteiger partial charge in [0.2, 0.25) is 0 Å². The first kappa shape index (κ1) is 31.2. The molecule has 4 rings (SSSR count). The fourth-order valence-electron chi connectivity index (χ4n) is 5.91. The molecule has 1 amide bonds. The number of hydrogen-bond acceptors (Lipinski definition) is 9. The summed E-state index contributed by atoms with van der Waals surface area (Å²) < 4.78 is 44.8. The maximum absolute atomic E-state index is 14.5. The highest BCUT2D eigenvalue weighted by Gasteiger charge is 2.73. The number of esters is 3. The number of ether oxygens (including phenoxy) is 3. The third-order valence-electron chi connectivity index (χ3n) is 7.46. The summed E-state index contributed by atoms with van der Waals surface area (Å²) in [6, 6.07) is 12.6. The van der Waals surface area contributed by atoms with Crippen LogP contribution in [0.15, 0.2) is 53.4 Å². The molecule has 0 radical (unpaired) electrons. The highest BCUT2D eigenvalue weighted by Crippen LogP contribution is 2.63. The lowest BCUT2D eigenvalue weighted by Gasteiger charge is -2.36. The van der Waals surface area contributed by atoms with Gasteiger partial charge in [0.05, 0.1) is 12.0 Å². The maximum Gasteiger partial charge on any atom is 0.322 e. The van der Waals surface area contributed by atoms with E-state index in [9.17, 15) is 27.6 Å². The van der Waals surface area contributed by atoms with Gasteiger partial charge in [0.1, 0.15) is 11.2 Å². The topological polar surface area (TPSA) is 133 Å². The molecule has 2 aromatic carbocycles. The van der Waals surface area contributed by atoms with E-state index >= 15 is 0 Å². The summed E-state index contributed by atoms with van der Waals surface area (Å²) in [6.45, 7) is 11.1. The third-order valence-corrected chi connectivity index (χ3v) is 9.23. The number of amides is 1. The second-order valence-corrected chi connectivity index (χ2v) is 14.6. The predicted molar refractivity (Wildman–Crippen MR) is 152 cm³/mol. The normalized spacial score (nSPS) is 22.0. The van der Waals surface area contributed by atoms with Gasteiger partial charge in [-0.15, -0.1) is 0 Å². The van der Waals surface area contributed by atoms with Crippen LogP contribution >= 0.6 is 0 Å². The van der Waals surface area contributed by atoms with E-state index in [0.717, 1.165) is 12.7 Å². The zero-order valence-corrected chi connectivity index (χ0v) is 25.9. The number of rotatable bonds is 6. The van der Waals surface area contributed by atoms with Crippen LogP contribution in [-0.4, -0.2) is 61.4 Å². The van der Waals surface area contributed by atoms with E-state index in [-0.39, 0.29) is 4.90 Å². The Morgan fingerprint density at radius 1 is 0.881 bits per heavy atom. The molecule has 226 valence electrons. The molecule has 42 heavy (non-hydrogen) atoms. The molecule has 10 nitrogen and oxygen atoms in total. The van der Waals surface area contributed by atoms with Crippen LogP contribution < -0.4 is 0 Å². The summed E-state index contributed by atoms with van der Waals surface area (Å²) in [7, 11) is -3.35. The van der Waals surface area contributed by atoms with E-state index in [1.807, 2.05) is 0 Å². The first-order chi connectivity index (χ1) is 19.4. The number of benzene rings is 2. The molecule has 1 saturated heterocycles. The van der Waals surface area contributed by atoms with Gasteiger partial charge in [-0.25, -0.2) is 12.7 Å². The number of carbonyl (C=O) groups excluding carboxylic acids is 4. The van der Waals surface area contributed by atoms with Crippen LogP contribution in [0.1, 0.15) is 70.1 Å². The highest BCUT2D eigenvalue weighted by atomic mass is 32.2. The molecule has 2 aliphatic rings. The Balaban J connectivity index is 1.99. The second kappa shape index (κ2) is 10.5. The van der Waals surface area contributed by atoms with Gasteiger partial charge in [0.25, 0.3) is 15.9 Å². The first-order valence-corrected chi connectivity index (χ1v) is 15.1. The van der Waals surface area contributed by atoms with Crippen molar-refractivity contribution in [2.75, 3.05) is 13.7 Å². The molecule has 1 aliphatic heterocycles. The van der Waals surface area contributed by atoms with Crippen molar-refractivity contribution in [2.24, 2.45) is 11.3 Å². The lowest BCUT2D eigenvalue weighted by atomic mass is 9.66.